The topological polar surface area (TPSA) is 84.4 Å². The first-order valence-electron chi connectivity index (χ1n) is 10.9. The van der Waals surface area contributed by atoms with Crippen molar-refractivity contribution in [1.82, 2.24) is 20.2 Å². The van der Waals surface area contributed by atoms with Crippen LogP contribution < -0.4 is 5.32 Å². The van der Waals surface area contributed by atoms with Gasteiger partial charge in [-0.15, -0.1) is 0 Å². The molecule has 2 aliphatic rings. The maximum absolute atomic E-state index is 13.1. The molecule has 7 nitrogen and oxygen atoms in total. The van der Waals surface area contributed by atoms with Crippen molar-refractivity contribution in [2.45, 2.75) is 59.6 Å². The number of nitrogens with one attached hydrogen (secondary N) is 1. The number of nitrogens with zero attached hydrogens (tertiary/aromatic N) is 3. The molecule has 166 valence electrons. The number of carbonyl (C=O) groups is 2. The van der Waals surface area contributed by atoms with Gasteiger partial charge in [0.25, 0.3) is 0 Å². The third-order valence-electron chi connectivity index (χ3n) is 6.13. The van der Waals surface area contributed by atoms with Crippen LogP contribution in [0.4, 0.5) is 4.79 Å². The summed E-state index contributed by atoms with van der Waals surface area (Å²) in [5.41, 5.74) is 2.39. The van der Waals surface area contributed by atoms with E-state index in [-0.39, 0.29) is 29.8 Å². The first kappa shape index (κ1) is 21.5. The summed E-state index contributed by atoms with van der Waals surface area (Å²) in [4.78, 5) is 36.5. The molecule has 2 aromatic rings. The van der Waals surface area contributed by atoms with Crippen molar-refractivity contribution in [1.29, 1.82) is 0 Å². The predicted molar refractivity (Wildman–Crippen MR) is 118 cm³/mol. The molecule has 0 spiro atoms. The van der Waals surface area contributed by atoms with Gasteiger partial charge >= 0.3 is 6.09 Å². The number of amides is 2. The third kappa shape index (κ3) is 4.23. The van der Waals surface area contributed by atoms with Gasteiger partial charge in [-0.2, -0.15) is 0 Å². The van der Waals surface area contributed by atoms with Gasteiger partial charge in [0.15, 0.2) is 0 Å². The normalized spacial score (nSPS) is 22.9. The number of carbonyl (C=O) groups excluding carboxylic acids is 2. The minimum absolute atomic E-state index is 0.0281. The second-order valence-electron chi connectivity index (χ2n) is 10.5. The summed E-state index contributed by atoms with van der Waals surface area (Å²) in [5.74, 6) is 0.375. The number of pyridine rings is 2. The number of fused-ring (bicyclic) bond motifs is 2. The second-order valence-corrected chi connectivity index (χ2v) is 10.5. The van der Waals surface area contributed by atoms with E-state index in [1.54, 1.807) is 4.90 Å². The summed E-state index contributed by atoms with van der Waals surface area (Å²) in [6, 6.07) is 5.97. The molecule has 0 radical (unpaired) electrons. The monoisotopic (exact) mass is 424 g/mol. The maximum atomic E-state index is 13.1. The van der Waals surface area contributed by atoms with Crippen LogP contribution in [0.25, 0.3) is 10.9 Å². The maximum Gasteiger partial charge on any atom is 0.410 e. The van der Waals surface area contributed by atoms with Gasteiger partial charge < -0.3 is 15.0 Å². The van der Waals surface area contributed by atoms with Crippen molar-refractivity contribution < 1.29 is 14.3 Å². The molecular weight excluding hydrogens is 392 g/mol. The van der Waals surface area contributed by atoms with E-state index in [1.165, 1.54) is 0 Å². The van der Waals surface area contributed by atoms with Crippen LogP contribution in [0.3, 0.4) is 0 Å². The zero-order chi connectivity index (χ0) is 22.7. The van der Waals surface area contributed by atoms with Crippen LogP contribution in [0.1, 0.15) is 51.7 Å². The molecule has 1 unspecified atom stereocenters. The molecule has 1 N–H and O–H groups in total. The molecule has 1 saturated heterocycles. The number of aryl methyl sites for hydroxylation is 2. The zero-order valence-corrected chi connectivity index (χ0v) is 19.4. The van der Waals surface area contributed by atoms with Crippen molar-refractivity contribution in [2.75, 3.05) is 13.1 Å². The van der Waals surface area contributed by atoms with E-state index in [1.807, 2.05) is 66.7 Å². The predicted octanol–water partition coefficient (Wildman–Crippen LogP) is 3.71. The lowest BCUT2D eigenvalue weighted by atomic mass is 9.95. The molecule has 7 heteroatoms. The standard InChI is InChI=1S/C24H32N4O3/c1-13-8-9-15-18(25-13)10-14(2)26-20(15)24(6,7)27-21(29)19-16-11-28(12-17(16)19)22(30)31-23(3,4)5/h8-10,16-17,19H,11-12H2,1-7H3,(H,27,29)/t16-,17+,19?. The Morgan fingerprint density at radius 2 is 1.68 bits per heavy atom. The smallest absolute Gasteiger partial charge is 0.410 e. The fourth-order valence-electron chi connectivity index (χ4n) is 4.67. The number of likely N-dealkylation sites (tertiary alicyclic amines) is 1. The lowest BCUT2D eigenvalue weighted by Gasteiger charge is -2.29. The van der Waals surface area contributed by atoms with Crippen molar-refractivity contribution in [3.05, 3.63) is 35.3 Å². The first-order valence-corrected chi connectivity index (χ1v) is 10.9. The lowest BCUT2D eigenvalue weighted by molar-refractivity contribution is -0.125. The van der Waals surface area contributed by atoms with E-state index in [0.29, 0.717) is 13.1 Å². The fraction of sp³-hybridized carbons (Fsp3) is 0.583. The summed E-state index contributed by atoms with van der Waals surface area (Å²) < 4.78 is 5.46. The van der Waals surface area contributed by atoms with Crippen LogP contribution in [-0.2, 0) is 15.1 Å². The number of hydrogen-bond donors (Lipinski definition) is 1. The molecule has 3 atom stereocenters. The Hall–Kier alpha value is -2.70. The molecule has 2 amide bonds. The molecule has 0 bridgehead atoms. The zero-order valence-electron chi connectivity index (χ0n) is 19.4. The number of aromatic nitrogens is 2. The van der Waals surface area contributed by atoms with Gasteiger partial charge in [0.05, 0.1) is 16.7 Å². The van der Waals surface area contributed by atoms with Gasteiger partial charge in [0.1, 0.15) is 5.60 Å². The van der Waals surface area contributed by atoms with Crippen LogP contribution in [0.15, 0.2) is 18.2 Å². The largest absolute Gasteiger partial charge is 0.444 e. The fourth-order valence-corrected chi connectivity index (χ4v) is 4.67. The van der Waals surface area contributed by atoms with Crippen molar-refractivity contribution in [3.63, 3.8) is 0 Å². The van der Waals surface area contributed by atoms with E-state index in [4.69, 9.17) is 9.72 Å². The highest BCUT2D eigenvalue weighted by Gasteiger charge is 2.61. The molecule has 4 rings (SSSR count). The van der Waals surface area contributed by atoms with Gasteiger partial charge in [0, 0.05) is 35.8 Å². The highest BCUT2D eigenvalue weighted by molar-refractivity contribution is 5.86. The average Bonchev–Trinajstić information content (AvgIpc) is 3.13. The first-order chi connectivity index (χ1) is 14.4. The van der Waals surface area contributed by atoms with Crippen LogP contribution in [0.5, 0.6) is 0 Å². The molecule has 2 fully saturated rings. The van der Waals surface area contributed by atoms with E-state index >= 15 is 0 Å². The summed E-state index contributed by atoms with van der Waals surface area (Å²) in [5, 5.41) is 4.17. The number of hydrogen-bond acceptors (Lipinski definition) is 5. The number of rotatable bonds is 3. The van der Waals surface area contributed by atoms with Gasteiger partial charge in [-0.05, 0) is 78.5 Å². The molecule has 3 heterocycles. The Morgan fingerprint density at radius 3 is 2.29 bits per heavy atom. The second kappa shape index (κ2) is 7.18. The summed E-state index contributed by atoms with van der Waals surface area (Å²) >= 11 is 0. The number of ether oxygens (including phenoxy) is 1. The molecular formula is C24H32N4O3. The highest BCUT2D eigenvalue weighted by Crippen LogP contribution is 2.52. The van der Waals surface area contributed by atoms with Gasteiger partial charge in [-0.3, -0.25) is 14.8 Å². The van der Waals surface area contributed by atoms with Crippen LogP contribution in [0, 0.1) is 31.6 Å². The van der Waals surface area contributed by atoms with Gasteiger partial charge in [0.2, 0.25) is 5.91 Å². The highest BCUT2D eigenvalue weighted by atomic mass is 16.6. The van der Waals surface area contributed by atoms with Crippen molar-refractivity contribution in [2.24, 2.45) is 17.8 Å². The Balaban J connectivity index is 1.45. The van der Waals surface area contributed by atoms with Gasteiger partial charge in [-0.1, -0.05) is 0 Å². The average molecular weight is 425 g/mol. The van der Waals surface area contributed by atoms with E-state index < -0.39 is 11.1 Å². The Kier molecular flexibility index (Phi) is 4.98. The SMILES string of the molecule is Cc1cc2nc(C)ccc2c(C(C)(C)NC(=O)C2[C@H]3CN(C(=O)OC(C)(C)C)C[C@@H]23)n1. The van der Waals surface area contributed by atoms with Crippen molar-refractivity contribution in [3.8, 4) is 0 Å². The Bertz CT molecular complexity index is 1040. The van der Waals surface area contributed by atoms with Crippen molar-refractivity contribution >= 4 is 22.9 Å². The van der Waals surface area contributed by atoms with E-state index in [0.717, 1.165) is 28.0 Å². The van der Waals surface area contributed by atoms with Gasteiger partial charge in [-0.25, -0.2) is 4.79 Å². The van der Waals surface area contributed by atoms with E-state index in [2.05, 4.69) is 10.3 Å². The summed E-state index contributed by atoms with van der Waals surface area (Å²) in [6.45, 7) is 14.6. The summed E-state index contributed by atoms with van der Waals surface area (Å²) in [6.07, 6.45) is -0.294. The minimum Gasteiger partial charge on any atom is -0.444 e. The molecule has 1 aliphatic heterocycles. The molecule has 0 aromatic carbocycles. The third-order valence-corrected chi connectivity index (χ3v) is 6.13. The molecule has 1 aliphatic carbocycles. The Labute approximate surface area is 183 Å². The molecule has 31 heavy (non-hydrogen) atoms. The van der Waals surface area contributed by atoms with Crippen LogP contribution >= 0.6 is 0 Å². The van der Waals surface area contributed by atoms with Crippen LogP contribution in [0.2, 0.25) is 0 Å². The van der Waals surface area contributed by atoms with Crippen LogP contribution in [-0.4, -0.2) is 45.6 Å². The minimum atomic E-state index is -0.639. The molecule has 1 saturated carbocycles. The number of piperidine rings is 1. The molecule has 2 aromatic heterocycles. The lowest BCUT2D eigenvalue weighted by Crippen LogP contribution is -2.44. The summed E-state index contributed by atoms with van der Waals surface area (Å²) in [7, 11) is 0. The quantitative estimate of drug-likeness (QED) is 0.812. The Morgan fingerprint density at radius 1 is 1.03 bits per heavy atom. The van der Waals surface area contributed by atoms with E-state index in [9.17, 15) is 9.59 Å².